The van der Waals surface area contributed by atoms with Gasteiger partial charge in [0.25, 0.3) is 0 Å². The van der Waals surface area contributed by atoms with E-state index in [-0.39, 0.29) is 12.8 Å². The molecule has 0 aliphatic rings. The Kier molecular flexibility index (Phi) is 7.04. The van der Waals surface area contributed by atoms with Gasteiger partial charge in [-0.05, 0) is 48.4 Å². The molecular formula is C21H26O5. The molecule has 0 aliphatic heterocycles. The van der Waals surface area contributed by atoms with Crippen molar-refractivity contribution >= 4 is 22.3 Å². The van der Waals surface area contributed by atoms with Crippen LogP contribution in [-0.2, 0) is 20.7 Å². The minimum Gasteiger partial charge on any atom is -0.493 e. The van der Waals surface area contributed by atoms with Crippen LogP contribution in [0.3, 0.4) is 0 Å². The molecule has 0 amide bonds. The predicted molar refractivity (Wildman–Crippen MR) is 103 cm³/mol. The molecule has 0 spiro atoms. The van der Waals surface area contributed by atoms with Gasteiger partial charge in [0.2, 0.25) is 0 Å². The molecular weight excluding hydrogens is 332 g/mol. The Morgan fingerprint density at radius 1 is 1.19 bits per heavy atom. The van der Waals surface area contributed by atoms with Crippen LogP contribution in [0.5, 0.6) is 11.5 Å². The van der Waals surface area contributed by atoms with Crippen molar-refractivity contribution in [3.63, 3.8) is 0 Å². The van der Waals surface area contributed by atoms with Crippen molar-refractivity contribution in [3.8, 4) is 11.5 Å². The number of rotatable bonds is 8. The molecule has 0 aromatic heterocycles. The third-order valence-corrected chi connectivity index (χ3v) is 4.13. The summed E-state index contributed by atoms with van der Waals surface area (Å²) in [6, 6.07) is 7.98. The van der Waals surface area contributed by atoms with E-state index in [0.29, 0.717) is 18.1 Å². The van der Waals surface area contributed by atoms with Crippen LogP contribution in [0.15, 0.2) is 30.3 Å². The predicted octanol–water partition coefficient (Wildman–Crippen LogP) is 4.36. The fourth-order valence-corrected chi connectivity index (χ4v) is 2.96. The molecule has 2 rings (SSSR count). The van der Waals surface area contributed by atoms with Gasteiger partial charge in [0, 0.05) is 18.6 Å². The van der Waals surface area contributed by atoms with Gasteiger partial charge in [-0.25, -0.2) is 4.79 Å². The zero-order chi connectivity index (χ0) is 19.1. The Bertz CT molecular complexity index is 808. The quantitative estimate of drug-likeness (QED) is 0.399. The van der Waals surface area contributed by atoms with Gasteiger partial charge >= 0.3 is 5.97 Å². The molecule has 0 saturated heterocycles. The maximum atomic E-state index is 11.9. The third kappa shape index (κ3) is 4.17. The molecule has 140 valence electrons. The Labute approximate surface area is 154 Å². The second-order valence-electron chi connectivity index (χ2n) is 5.78. The normalized spacial score (nSPS) is 11.5. The minimum absolute atomic E-state index is 0.125. The lowest BCUT2D eigenvalue weighted by atomic mass is 9.93. The van der Waals surface area contributed by atoms with E-state index in [1.165, 1.54) is 6.08 Å². The zero-order valence-corrected chi connectivity index (χ0v) is 16.0. The minimum atomic E-state index is -0.358. The Morgan fingerprint density at radius 2 is 1.96 bits per heavy atom. The molecule has 0 bridgehead atoms. The Hall–Kier alpha value is -2.53. The van der Waals surface area contributed by atoms with Crippen LogP contribution in [0.25, 0.3) is 16.3 Å². The number of carbonyl (C=O) groups is 1. The van der Waals surface area contributed by atoms with Crippen LogP contribution in [-0.4, -0.2) is 33.6 Å². The molecule has 5 heteroatoms. The standard InChI is InChI=1S/C21H26O5/c1-6-15-9-8-10-16-17(14(3)11-19(22)25-7-2)12-18(24-5)21(20(15)16)26-13-23-4/h8-12H,6-7,13H2,1-5H3. The van der Waals surface area contributed by atoms with E-state index in [1.807, 2.05) is 25.1 Å². The van der Waals surface area contributed by atoms with Crippen LogP contribution in [0.4, 0.5) is 0 Å². The van der Waals surface area contributed by atoms with E-state index in [4.69, 9.17) is 18.9 Å². The van der Waals surface area contributed by atoms with Gasteiger partial charge in [0.05, 0.1) is 13.7 Å². The van der Waals surface area contributed by atoms with Crippen LogP contribution in [0, 0.1) is 0 Å². The van der Waals surface area contributed by atoms with Crippen molar-refractivity contribution < 1.29 is 23.7 Å². The van der Waals surface area contributed by atoms with Crippen molar-refractivity contribution in [2.45, 2.75) is 27.2 Å². The number of ether oxygens (including phenoxy) is 4. The second kappa shape index (κ2) is 9.25. The summed E-state index contributed by atoms with van der Waals surface area (Å²) >= 11 is 0. The highest BCUT2D eigenvalue weighted by atomic mass is 16.7. The number of esters is 1. The summed E-state index contributed by atoms with van der Waals surface area (Å²) < 4.78 is 21.5. The largest absolute Gasteiger partial charge is 0.493 e. The van der Waals surface area contributed by atoms with Crippen LogP contribution in [0.2, 0.25) is 0 Å². The molecule has 0 radical (unpaired) electrons. The summed E-state index contributed by atoms with van der Waals surface area (Å²) in [7, 11) is 3.18. The smallest absolute Gasteiger partial charge is 0.331 e. The summed E-state index contributed by atoms with van der Waals surface area (Å²) in [4.78, 5) is 11.9. The van der Waals surface area contributed by atoms with Gasteiger partial charge in [0.15, 0.2) is 18.3 Å². The number of methoxy groups -OCH3 is 2. The molecule has 26 heavy (non-hydrogen) atoms. The van der Waals surface area contributed by atoms with Crippen LogP contribution < -0.4 is 9.47 Å². The molecule has 5 nitrogen and oxygen atoms in total. The Balaban J connectivity index is 2.74. The molecule has 0 fully saturated rings. The number of hydrogen-bond donors (Lipinski definition) is 0. The average Bonchev–Trinajstić information content (AvgIpc) is 2.64. The second-order valence-corrected chi connectivity index (χ2v) is 5.78. The van der Waals surface area contributed by atoms with Gasteiger partial charge in [-0.15, -0.1) is 0 Å². The molecule has 0 atom stereocenters. The van der Waals surface area contributed by atoms with Crippen LogP contribution in [0.1, 0.15) is 31.9 Å². The first-order valence-corrected chi connectivity index (χ1v) is 8.67. The lowest BCUT2D eigenvalue weighted by Crippen LogP contribution is -2.04. The summed E-state index contributed by atoms with van der Waals surface area (Å²) in [6.45, 7) is 6.24. The molecule has 0 heterocycles. The third-order valence-electron chi connectivity index (χ3n) is 4.13. The van der Waals surface area contributed by atoms with E-state index in [9.17, 15) is 4.79 Å². The fourth-order valence-electron chi connectivity index (χ4n) is 2.96. The van der Waals surface area contributed by atoms with Crippen molar-refractivity contribution in [2.24, 2.45) is 0 Å². The van der Waals surface area contributed by atoms with Crippen molar-refractivity contribution in [1.82, 2.24) is 0 Å². The SMILES string of the molecule is CCOC(=O)C=C(C)c1cc(OC)c(OCOC)c2c(CC)cccc12. The van der Waals surface area contributed by atoms with Gasteiger partial charge < -0.3 is 18.9 Å². The summed E-state index contributed by atoms with van der Waals surface area (Å²) in [5, 5.41) is 1.97. The molecule has 2 aromatic carbocycles. The number of fused-ring (bicyclic) bond motifs is 1. The monoisotopic (exact) mass is 358 g/mol. The maximum absolute atomic E-state index is 11.9. The number of benzene rings is 2. The van der Waals surface area contributed by atoms with Crippen molar-refractivity contribution in [2.75, 3.05) is 27.6 Å². The Morgan fingerprint density at radius 3 is 2.58 bits per heavy atom. The van der Waals surface area contributed by atoms with Gasteiger partial charge in [-0.3, -0.25) is 0 Å². The molecule has 0 saturated carbocycles. The van der Waals surface area contributed by atoms with Crippen molar-refractivity contribution in [1.29, 1.82) is 0 Å². The van der Waals surface area contributed by atoms with Gasteiger partial charge in [-0.2, -0.15) is 0 Å². The van der Waals surface area contributed by atoms with E-state index >= 15 is 0 Å². The van der Waals surface area contributed by atoms with E-state index < -0.39 is 0 Å². The van der Waals surface area contributed by atoms with Gasteiger partial charge in [0.1, 0.15) is 0 Å². The topological polar surface area (TPSA) is 54.0 Å². The first-order chi connectivity index (χ1) is 12.6. The number of carbonyl (C=O) groups excluding carboxylic acids is 1. The first kappa shape index (κ1) is 19.8. The highest BCUT2D eigenvalue weighted by Crippen LogP contribution is 2.42. The van der Waals surface area contributed by atoms with Crippen molar-refractivity contribution in [3.05, 3.63) is 41.5 Å². The summed E-state index contributed by atoms with van der Waals surface area (Å²) in [6.07, 6.45) is 2.35. The highest BCUT2D eigenvalue weighted by molar-refractivity contribution is 6.03. The summed E-state index contributed by atoms with van der Waals surface area (Å²) in [5.41, 5.74) is 2.85. The maximum Gasteiger partial charge on any atom is 0.331 e. The number of hydrogen-bond acceptors (Lipinski definition) is 5. The van der Waals surface area contributed by atoms with E-state index in [2.05, 4.69) is 13.0 Å². The number of aryl methyl sites for hydroxylation is 1. The average molecular weight is 358 g/mol. The molecule has 2 aromatic rings. The van der Waals surface area contributed by atoms with Gasteiger partial charge in [-0.1, -0.05) is 25.1 Å². The lowest BCUT2D eigenvalue weighted by molar-refractivity contribution is -0.137. The zero-order valence-electron chi connectivity index (χ0n) is 16.0. The molecule has 0 N–H and O–H groups in total. The summed E-state index contributed by atoms with van der Waals surface area (Å²) in [5.74, 6) is 0.889. The highest BCUT2D eigenvalue weighted by Gasteiger charge is 2.18. The van der Waals surface area contributed by atoms with Crippen LogP contribution >= 0.6 is 0 Å². The fraction of sp³-hybridized carbons (Fsp3) is 0.381. The molecule has 0 aliphatic carbocycles. The number of allylic oxidation sites excluding steroid dienone is 1. The lowest BCUT2D eigenvalue weighted by Gasteiger charge is -2.18. The van der Waals surface area contributed by atoms with E-state index in [1.54, 1.807) is 21.1 Å². The molecule has 0 unspecified atom stereocenters. The van der Waals surface area contributed by atoms with E-state index in [0.717, 1.165) is 33.9 Å². The first-order valence-electron chi connectivity index (χ1n) is 8.67.